The molecule has 1 aromatic carbocycles. The predicted molar refractivity (Wildman–Crippen MR) is 81.0 cm³/mol. The second-order valence-electron chi connectivity index (χ2n) is 5.11. The maximum absolute atomic E-state index is 10.9. The molecule has 0 amide bonds. The van der Waals surface area contributed by atoms with E-state index in [2.05, 4.69) is 24.3 Å². The van der Waals surface area contributed by atoms with E-state index in [-0.39, 0.29) is 22.7 Å². The number of non-ortho nitro benzene ring substituents is 1. The van der Waals surface area contributed by atoms with Crippen molar-refractivity contribution in [3.8, 4) is 0 Å². The summed E-state index contributed by atoms with van der Waals surface area (Å²) in [5.41, 5.74) is 1.08. The number of aromatic nitrogens is 2. The third-order valence-corrected chi connectivity index (χ3v) is 3.40. The molecule has 0 aliphatic heterocycles. The number of rotatable bonds is 7. The highest BCUT2D eigenvalue weighted by Gasteiger charge is 2.15. The van der Waals surface area contributed by atoms with Crippen LogP contribution in [0.1, 0.15) is 31.9 Å². The van der Waals surface area contributed by atoms with Crippen molar-refractivity contribution in [3.63, 3.8) is 0 Å². The molecule has 2 rings (SSSR count). The fraction of sp³-hybridized carbons (Fsp3) is 0.400. The molecule has 2 unspecified atom stereocenters. The normalized spacial score (nSPS) is 13.8. The lowest BCUT2D eigenvalue weighted by Gasteiger charge is -2.22. The fourth-order valence-corrected chi connectivity index (χ4v) is 2.39. The average Bonchev–Trinajstić information content (AvgIpc) is 2.97. The van der Waals surface area contributed by atoms with Crippen LogP contribution in [0.4, 0.5) is 5.69 Å². The zero-order valence-corrected chi connectivity index (χ0v) is 12.3. The highest BCUT2D eigenvalue weighted by atomic mass is 16.6. The molecule has 2 atom stereocenters. The summed E-state index contributed by atoms with van der Waals surface area (Å²) in [5, 5.41) is 18.6. The van der Waals surface area contributed by atoms with E-state index in [1.54, 1.807) is 18.3 Å². The van der Waals surface area contributed by atoms with Gasteiger partial charge in [-0.1, -0.05) is 19.1 Å². The van der Waals surface area contributed by atoms with Crippen LogP contribution in [0.5, 0.6) is 0 Å². The monoisotopic (exact) mass is 288 g/mol. The van der Waals surface area contributed by atoms with Crippen molar-refractivity contribution in [2.45, 2.75) is 38.9 Å². The van der Waals surface area contributed by atoms with Crippen LogP contribution in [0.2, 0.25) is 0 Å². The van der Waals surface area contributed by atoms with Gasteiger partial charge in [0.2, 0.25) is 0 Å². The van der Waals surface area contributed by atoms with Crippen molar-refractivity contribution in [1.82, 2.24) is 15.1 Å². The fourth-order valence-electron chi connectivity index (χ4n) is 2.39. The Labute approximate surface area is 123 Å². The standard InChI is InChI=1S/C15H20N4O2/c1-3-15(13-6-4-7-14(10-13)19(20)21)17-12(2)11-18-9-5-8-16-18/h4-10,12,15,17H,3,11H2,1-2H3. The topological polar surface area (TPSA) is 73.0 Å². The average molecular weight is 288 g/mol. The van der Waals surface area contributed by atoms with Crippen molar-refractivity contribution >= 4 is 5.69 Å². The van der Waals surface area contributed by atoms with E-state index >= 15 is 0 Å². The van der Waals surface area contributed by atoms with Gasteiger partial charge in [0, 0.05) is 36.6 Å². The van der Waals surface area contributed by atoms with Crippen LogP contribution in [-0.4, -0.2) is 20.7 Å². The molecule has 0 aliphatic rings. The number of nitro benzene ring substituents is 1. The molecule has 0 aliphatic carbocycles. The summed E-state index contributed by atoms with van der Waals surface area (Å²) in [6, 6.07) is 9.02. The Morgan fingerprint density at radius 2 is 2.24 bits per heavy atom. The molecule has 6 nitrogen and oxygen atoms in total. The van der Waals surface area contributed by atoms with Crippen LogP contribution >= 0.6 is 0 Å². The molecular weight excluding hydrogens is 268 g/mol. The third-order valence-electron chi connectivity index (χ3n) is 3.40. The summed E-state index contributed by atoms with van der Waals surface area (Å²) in [6.45, 7) is 4.91. The quantitative estimate of drug-likeness (QED) is 0.628. The number of nitrogens with one attached hydrogen (secondary N) is 1. The molecule has 112 valence electrons. The number of hydrogen-bond donors (Lipinski definition) is 1. The Kier molecular flexibility index (Phi) is 5.05. The minimum absolute atomic E-state index is 0.0930. The Morgan fingerprint density at radius 1 is 1.43 bits per heavy atom. The van der Waals surface area contributed by atoms with E-state index in [4.69, 9.17) is 0 Å². The third kappa shape index (κ3) is 4.13. The van der Waals surface area contributed by atoms with Gasteiger partial charge in [-0.2, -0.15) is 5.10 Å². The van der Waals surface area contributed by atoms with Gasteiger partial charge in [0.15, 0.2) is 0 Å². The van der Waals surface area contributed by atoms with Crippen molar-refractivity contribution < 1.29 is 4.92 Å². The van der Waals surface area contributed by atoms with Gasteiger partial charge < -0.3 is 5.32 Å². The molecule has 21 heavy (non-hydrogen) atoms. The highest BCUT2D eigenvalue weighted by molar-refractivity contribution is 5.35. The van der Waals surface area contributed by atoms with E-state index in [1.807, 2.05) is 23.0 Å². The first-order valence-electron chi connectivity index (χ1n) is 7.08. The predicted octanol–water partition coefficient (Wildman–Crippen LogP) is 2.92. The van der Waals surface area contributed by atoms with E-state index < -0.39 is 0 Å². The van der Waals surface area contributed by atoms with Gasteiger partial charge in [0.25, 0.3) is 5.69 Å². The lowest BCUT2D eigenvalue weighted by Crippen LogP contribution is -2.33. The molecule has 1 N–H and O–H groups in total. The molecular formula is C15H20N4O2. The summed E-state index contributed by atoms with van der Waals surface area (Å²) in [4.78, 5) is 10.5. The molecule has 0 fully saturated rings. The Hall–Kier alpha value is -2.21. The lowest BCUT2D eigenvalue weighted by atomic mass is 10.0. The number of benzene rings is 1. The summed E-state index contributed by atoms with van der Waals surface area (Å²) in [6.07, 6.45) is 4.54. The zero-order chi connectivity index (χ0) is 15.2. The van der Waals surface area contributed by atoms with Gasteiger partial charge >= 0.3 is 0 Å². The van der Waals surface area contributed by atoms with Gasteiger partial charge in [-0.15, -0.1) is 0 Å². The largest absolute Gasteiger partial charge is 0.306 e. The first-order valence-corrected chi connectivity index (χ1v) is 7.08. The smallest absolute Gasteiger partial charge is 0.269 e. The summed E-state index contributed by atoms with van der Waals surface area (Å²) < 4.78 is 1.87. The van der Waals surface area contributed by atoms with Crippen molar-refractivity contribution in [2.75, 3.05) is 0 Å². The molecule has 0 spiro atoms. The van der Waals surface area contributed by atoms with Crippen molar-refractivity contribution in [1.29, 1.82) is 0 Å². The van der Waals surface area contributed by atoms with E-state index in [0.717, 1.165) is 18.5 Å². The Morgan fingerprint density at radius 3 is 2.86 bits per heavy atom. The van der Waals surface area contributed by atoms with Crippen LogP contribution in [0.3, 0.4) is 0 Å². The van der Waals surface area contributed by atoms with Gasteiger partial charge in [-0.3, -0.25) is 14.8 Å². The molecule has 2 aromatic rings. The Bertz CT molecular complexity index is 583. The van der Waals surface area contributed by atoms with Crippen LogP contribution < -0.4 is 5.32 Å². The van der Waals surface area contributed by atoms with Gasteiger partial charge in [0.1, 0.15) is 0 Å². The number of nitro groups is 1. The van der Waals surface area contributed by atoms with Crippen molar-refractivity contribution in [2.24, 2.45) is 0 Å². The Balaban J connectivity index is 2.05. The minimum Gasteiger partial charge on any atom is -0.306 e. The van der Waals surface area contributed by atoms with Gasteiger partial charge in [0.05, 0.1) is 11.5 Å². The zero-order valence-electron chi connectivity index (χ0n) is 12.3. The van der Waals surface area contributed by atoms with E-state index in [0.29, 0.717) is 0 Å². The van der Waals surface area contributed by atoms with Crippen molar-refractivity contribution in [3.05, 3.63) is 58.4 Å². The number of hydrogen-bond acceptors (Lipinski definition) is 4. The molecule has 0 radical (unpaired) electrons. The van der Waals surface area contributed by atoms with Crippen LogP contribution in [0, 0.1) is 10.1 Å². The van der Waals surface area contributed by atoms with Gasteiger partial charge in [-0.05, 0) is 25.0 Å². The summed E-state index contributed by atoms with van der Waals surface area (Å²) in [5.74, 6) is 0. The molecule has 0 bridgehead atoms. The first kappa shape index (κ1) is 15.2. The maximum atomic E-state index is 10.9. The number of nitrogens with zero attached hydrogens (tertiary/aromatic N) is 3. The summed E-state index contributed by atoms with van der Waals surface area (Å²) >= 11 is 0. The molecule has 1 heterocycles. The first-order chi connectivity index (χ1) is 10.1. The van der Waals surface area contributed by atoms with Gasteiger partial charge in [-0.25, -0.2) is 0 Å². The summed E-state index contributed by atoms with van der Waals surface area (Å²) in [7, 11) is 0. The van der Waals surface area contributed by atoms with Crippen LogP contribution in [-0.2, 0) is 6.54 Å². The van der Waals surface area contributed by atoms with Crippen LogP contribution in [0.25, 0.3) is 0 Å². The molecule has 6 heteroatoms. The van der Waals surface area contributed by atoms with E-state index in [1.165, 1.54) is 6.07 Å². The molecule has 0 saturated carbocycles. The highest BCUT2D eigenvalue weighted by Crippen LogP contribution is 2.22. The maximum Gasteiger partial charge on any atom is 0.269 e. The molecule has 1 aromatic heterocycles. The second kappa shape index (κ2) is 6.99. The lowest BCUT2D eigenvalue weighted by molar-refractivity contribution is -0.384. The second-order valence-corrected chi connectivity index (χ2v) is 5.11. The minimum atomic E-state index is -0.358. The SMILES string of the molecule is CCC(NC(C)Cn1cccn1)c1cccc([N+](=O)[O-])c1. The molecule has 0 saturated heterocycles. The van der Waals surface area contributed by atoms with Crippen LogP contribution in [0.15, 0.2) is 42.7 Å². The van der Waals surface area contributed by atoms with E-state index in [9.17, 15) is 10.1 Å².